The van der Waals surface area contributed by atoms with Crippen molar-refractivity contribution in [3.63, 3.8) is 0 Å². The standard InChI is InChI=1S/C15H25N3O5/c1-10-12(21)16-5-6-18(10)15(7-11(19)20)8-17(9-15)13(22)23-14(2,3)4/h10H,5-9H2,1-4H3,(H,16,21)(H,19,20). The minimum absolute atomic E-state index is 0.107. The van der Waals surface area contributed by atoms with Crippen LogP contribution in [-0.4, -0.2) is 76.2 Å². The summed E-state index contributed by atoms with van der Waals surface area (Å²) < 4.78 is 5.32. The molecule has 0 aromatic rings. The van der Waals surface area contributed by atoms with Crippen LogP contribution in [-0.2, 0) is 14.3 Å². The van der Waals surface area contributed by atoms with Crippen LogP contribution in [0.5, 0.6) is 0 Å². The molecule has 8 heteroatoms. The molecule has 8 nitrogen and oxygen atoms in total. The monoisotopic (exact) mass is 327 g/mol. The number of likely N-dealkylation sites (tertiary alicyclic amines) is 1. The first-order valence-corrected chi connectivity index (χ1v) is 7.78. The second-order valence-corrected chi connectivity index (χ2v) is 7.29. The second kappa shape index (κ2) is 5.99. The largest absolute Gasteiger partial charge is 0.481 e. The molecular weight excluding hydrogens is 302 g/mol. The molecule has 1 atom stereocenters. The van der Waals surface area contributed by atoms with Crippen LogP contribution in [0.15, 0.2) is 0 Å². The summed E-state index contributed by atoms with van der Waals surface area (Å²) in [6.07, 6.45) is -0.558. The maximum atomic E-state index is 12.1. The van der Waals surface area contributed by atoms with Crippen molar-refractivity contribution in [1.82, 2.24) is 15.1 Å². The normalized spacial score (nSPS) is 24.6. The smallest absolute Gasteiger partial charge is 0.410 e. The van der Waals surface area contributed by atoms with E-state index in [1.165, 1.54) is 4.90 Å². The molecule has 0 aromatic carbocycles. The van der Waals surface area contributed by atoms with Gasteiger partial charge in [-0.15, -0.1) is 0 Å². The topological polar surface area (TPSA) is 99.2 Å². The zero-order chi connectivity index (χ0) is 17.4. The number of carbonyl (C=O) groups is 3. The molecule has 2 rings (SSSR count). The van der Waals surface area contributed by atoms with Crippen molar-refractivity contribution >= 4 is 18.0 Å². The Balaban J connectivity index is 2.10. The summed E-state index contributed by atoms with van der Waals surface area (Å²) in [7, 11) is 0. The van der Waals surface area contributed by atoms with Gasteiger partial charge in [0.2, 0.25) is 5.91 Å². The maximum Gasteiger partial charge on any atom is 0.410 e. The zero-order valence-electron chi connectivity index (χ0n) is 14.1. The number of carboxylic acid groups (broad SMARTS) is 1. The van der Waals surface area contributed by atoms with Crippen LogP contribution < -0.4 is 5.32 Å². The summed E-state index contributed by atoms with van der Waals surface area (Å²) in [5.74, 6) is -1.05. The van der Waals surface area contributed by atoms with Gasteiger partial charge in [0, 0.05) is 26.2 Å². The van der Waals surface area contributed by atoms with Crippen LogP contribution in [0.4, 0.5) is 4.79 Å². The lowest BCUT2D eigenvalue weighted by molar-refractivity contribution is -0.153. The number of rotatable bonds is 3. The number of hydrogen-bond acceptors (Lipinski definition) is 5. The second-order valence-electron chi connectivity index (χ2n) is 7.29. The lowest BCUT2D eigenvalue weighted by Crippen LogP contribution is -2.76. The van der Waals surface area contributed by atoms with Gasteiger partial charge in [0.05, 0.1) is 18.0 Å². The van der Waals surface area contributed by atoms with Crippen molar-refractivity contribution in [2.24, 2.45) is 0 Å². The van der Waals surface area contributed by atoms with E-state index in [0.29, 0.717) is 13.1 Å². The van der Waals surface area contributed by atoms with Crippen LogP contribution >= 0.6 is 0 Å². The predicted molar refractivity (Wildman–Crippen MR) is 82.0 cm³/mol. The Morgan fingerprint density at radius 1 is 1.39 bits per heavy atom. The summed E-state index contributed by atoms with van der Waals surface area (Å²) >= 11 is 0. The van der Waals surface area contributed by atoms with E-state index in [2.05, 4.69) is 5.32 Å². The fourth-order valence-corrected chi connectivity index (χ4v) is 3.23. The minimum Gasteiger partial charge on any atom is -0.481 e. The van der Waals surface area contributed by atoms with Gasteiger partial charge >= 0.3 is 12.1 Å². The molecule has 2 amide bonds. The Hall–Kier alpha value is -1.83. The van der Waals surface area contributed by atoms with Gasteiger partial charge in [-0.3, -0.25) is 14.5 Å². The Labute approximate surface area is 135 Å². The Morgan fingerprint density at radius 3 is 2.52 bits per heavy atom. The number of hydrogen-bond donors (Lipinski definition) is 2. The maximum absolute atomic E-state index is 12.1. The lowest BCUT2D eigenvalue weighted by atomic mass is 9.82. The average molecular weight is 327 g/mol. The molecule has 2 saturated heterocycles. The van der Waals surface area contributed by atoms with Crippen molar-refractivity contribution in [3.05, 3.63) is 0 Å². The van der Waals surface area contributed by atoms with E-state index in [1.807, 2.05) is 4.90 Å². The van der Waals surface area contributed by atoms with Crippen LogP contribution in [0.3, 0.4) is 0 Å². The van der Waals surface area contributed by atoms with E-state index >= 15 is 0 Å². The molecule has 2 aliphatic heterocycles. The van der Waals surface area contributed by atoms with Gasteiger partial charge in [-0.1, -0.05) is 0 Å². The summed E-state index contributed by atoms with van der Waals surface area (Å²) in [6, 6.07) is -0.413. The molecule has 2 fully saturated rings. The zero-order valence-corrected chi connectivity index (χ0v) is 14.1. The molecule has 2 aliphatic rings. The molecule has 0 bridgehead atoms. The van der Waals surface area contributed by atoms with Crippen molar-refractivity contribution < 1.29 is 24.2 Å². The van der Waals surface area contributed by atoms with E-state index in [0.717, 1.165) is 0 Å². The first-order chi connectivity index (χ1) is 10.5. The van der Waals surface area contributed by atoms with Gasteiger partial charge in [0.25, 0.3) is 0 Å². The average Bonchev–Trinajstić information content (AvgIpc) is 2.34. The van der Waals surface area contributed by atoms with Crippen LogP contribution in [0.2, 0.25) is 0 Å². The fraction of sp³-hybridized carbons (Fsp3) is 0.800. The number of nitrogens with one attached hydrogen (secondary N) is 1. The Morgan fingerprint density at radius 2 is 2.00 bits per heavy atom. The van der Waals surface area contributed by atoms with E-state index in [-0.39, 0.29) is 25.4 Å². The van der Waals surface area contributed by atoms with Crippen LogP contribution in [0.1, 0.15) is 34.1 Å². The summed E-state index contributed by atoms with van der Waals surface area (Å²) in [6.45, 7) is 8.68. The van der Waals surface area contributed by atoms with E-state index in [4.69, 9.17) is 4.74 Å². The van der Waals surface area contributed by atoms with Crippen LogP contribution in [0.25, 0.3) is 0 Å². The van der Waals surface area contributed by atoms with Gasteiger partial charge < -0.3 is 20.1 Å². The highest BCUT2D eigenvalue weighted by Gasteiger charge is 2.54. The number of nitrogens with zero attached hydrogens (tertiary/aromatic N) is 2. The van der Waals surface area contributed by atoms with Crippen molar-refractivity contribution in [2.75, 3.05) is 26.2 Å². The number of amides is 2. The summed E-state index contributed by atoms with van der Waals surface area (Å²) in [5.41, 5.74) is -1.31. The molecule has 1 unspecified atom stereocenters. The molecule has 0 aromatic heterocycles. The van der Waals surface area contributed by atoms with Gasteiger partial charge in [-0.05, 0) is 27.7 Å². The molecule has 23 heavy (non-hydrogen) atoms. The third-order valence-corrected chi connectivity index (χ3v) is 4.21. The van der Waals surface area contributed by atoms with Gasteiger partial charge in [0.15, 0.2) is 0 Å². The van der Waals surface area contributed by atoms with E-state index < -0.39 is 29.2 Å². The highest BCUT2D eigenvalue weighted by atomic mass is 16.6. The van der Waals surface area contributed by atoms with Gasteiger partial charge in [-0.25, -0.2) is 4.79 Å². The highest BCUT2D eigenvalue weighted by molar-refractivity contribution is 5.82. The molecule has 0 spiro atoms. The van der Waals surface area contributed by atoms with Crippen LogP contribution in [0, 0.1) is 0 Å². The third-order valence-electron chi connectivity index (χ3n) is 4.21. The van der Waals surface area contributed by atoms with Crippen molar-refractivity contribution in [1.29, 1.82) is 0 Å². The van der Waals surface area contributed by atoms with Gasteiger partial charge in [-0.2, -0.15) is 0 Å². The first-order valence-electron chi connectivity index (χ1n) is 7.78. The molecule has 0 aliphatic carbocycles. The number of ether oxygens (including phenoxy) is 1. The molecule has 2 heterocycles. The number of carboxylic acids is 1. The number of piperazine rings is 1. The predicted octanol–water partition coefficient (Wildman–Crippen LogP) is 0.271. The lowest BCUT2D eigenvalue weighted by Gasteiger charge is -2.57. The molecule has 0 saturated carbocycles. The minimum atomic E-state index is -0.938. The number of aliphatic carboxylic acids is 1. The van der Waals surface area contributed by atoms with Gasteiger partial charge in [0.1, 0.15) is 5.60 Å². The molecule has 130 valence electrons. The highest BCUT2D eigenvalue weighted by Crippen LogP contribution is 2.34. The van der Waals surface area contributed by atoms with Crippen molar-refractivity contribution in [2.45, 2.75) is 51.3 Å². The SMILES string of the molecule is CC1C(=O)NCCN1C1(CC(=O)O)CN(C(=O)OC(C)(C)C)C1. The van der Waals surface area contributed by atoms with Crippen molar-refractivity contribution in [3.8, 4) is 0 Å². The fourth-order valence-electron chi connectivity index (χ4n) is 3.23. The van der Waals surface area contributed by atoms with E-state index in [9.17, 15) is 19.5 Å². The molecule has 2 N–H and O–H groups in total. The third kappa shape index (κ3) is 3.74. The molecule has 0 radical (unpaired) electrons. The quantitative estimate of drug-likeness (QED) is 0.772. The Bertz CT molecular complexity index is 508. The summed E-state index contributed by atoms with van der Waals surface area (Å²) in [4.78, 5) is 38.7. The van der Waals surface area contributed by atoms with E-state index in [1.54, 1.807) is 27.7 Å². The molecular formula is C15H25N3O5. The number of carbonyl (C=O) groups excluding carboxylic acids is 2. The first kappa shape index (κ1) is 17.5. The summed E-state index contributed by atoms with van der Waals surface area (Å²) in [5, 5.41) is 12.0. The Kier molecular flexibility index (Phi) is 4.57.